The lowest BCUT2D eigenvalue weighted by atomic mass is 9.96. The summed E-state index contributed by atoms with van der Waals surface area (Å²) in [6.45, 7) is 0.573. The maximum atomic E-state index is 13.0. The largest absolute Gasteiger partial charge is 0.335 e. The van der Waals surface area contributed by atoms with Gasteiger partial charge >= 0.3 is 6.03 Å². The minimum atomic E-state index is -0.233. The average Bonchev–Trinajstić information content (AvgIpc) is 3.32. The summed E-state index contributed by atoms with van der Waals surface area (Å²) >= 11 is 0. The van der Waals surface area contributed by atoms with E-state index in [0.717, 1.165) is 31.2 Å². The standard InChI is InChI=1S/C17H23FN2O/c18-14-8-6-13(7-9-14)12-20(16-10-11-16)17(21)19-15-4-2-1-3-5-15/h6-9,15-16H,1-5,10-12H2,(H,19,21). The van der Waals surface area contributed by atoms with Crippen LogP contribution in [0.1, 0.15) is 50.5 Å². The third-order valence-electron chi connectivity index (χ3n) is 4.45. The molecule has 0 unspecified atom stereocenters. The predicted molar refractivity (Wildman–Crippen MR) is 80.4 cm³/mol. The van der Waals surface area contributed by atoms with Crippen molar-refractivity contribution in [1.29, 1.82) is 0 Å². The van der Waals surface area contributed by atoms with Gasteiger partial charge in [-0.15, -0.1) is 0 Å². The second kappa shape index (κ2) is 6.46. The molecule has 0 aromatic heterocycles. The first-order chi connectivity index (χ1) is 10.2. The molecule has 2 amide bonds. The molecule has 3 nitrogen and oxygen atoms in total. The number of carbonyl (C=O) groups is 1. The molecule has 2 fully saturated rings. The van der Waals surface area contributed by atoms with E-state index in [1.807, 2.05) is 4.90 Å². The van der Waals surface area contributed by atoms with Crippen molar-refractivity contribution in [2.24, 2.45) is 0 Å². The summed E-state index contributed by atoms with van der Waals surface area (Å²) in [5.74, 6) is -0.233. The van der Waals surface area contributed by atoms with Gasteiger partial charge in [-0.1, -0.05) is 31.4 Å². The molecule has 1 N–H and O–H groups in total. The molecular formula is C17H23FN2O. The molecule has 0 radical (unpaired) electrons. The molecule has 1 aromatic rings. The van der Waals surface area contributed by atoms with E-state index in [1.165, 1.54) is 31.4 Å². The number of carbonyl (C=O) groups excluding carboxylic acids is 1. The van der Waals surface area contributed by atoms with Crippen molar-refractivity contribution in [2.75, 3.05) is 0 Å². The summed E-state index contributed by atoms with van der Waals surface area (Å²) in [5.41, 5.74) is 0.988. The number of rotatable bonds is 4. The van der Waals surface area contributed by atoms with E-state index in [0.29, 0.717) is 18.6 Å². The number of benzene rings is 1. The van der Waals surface area contributed by atoms with Crippen molar-refractivity contribution in [2.45, 2.75) is 63.6 Å². The van der Waals surface area contributed by atoms with Crippen molar-refractivity contribution in [3.63, 3.8) is 0 Å². The van der Waals surface area contributed by atoms with Gasteiger partial charge in [0.05, 0.1) is 0 Å². The van der Waals surface area contributed by atoms with Gasteiger partial charge in [-0.2, -0.15) is 0 Å². The van der Waals surface area contributed by atoms with Crippen LogP contribution in [0.2, 0.25) is 0 Å². The van der Waals surface area contributed by atoms with E-state index in [-0.39, 0.29) is 11.8 Å². The van der Waals surface area contributed by atoms with Crippen molar-refractivity contribution in [1.82, 2.24) is 10.2 Å². The Balaban J connectivity index is 1.60. The summed E-state index contributed by atoms with van der Waals surface area (Å²) in [6.07, 6.45) is 8.08. The van der Waals surface area contributed by atoms with E-state index < -0.39 is 0 Å². The first kappa shape index (κ1) is 14.4. The number of urea groups is 1. The Labute approximate surface area is 125 Å². The van der Waals surface area contributed by atoms with Crippen molar-refractivity contribution in [3.05, 3.63) is 35.6 Å². The molecule has 3 rings (SSSR count). The van der Waals surface area contributed by atoms with Crippen LogP contribution in [-0.2, 0) is 6.54 Å². The number of nitrogens with one attached hydrogen (secondary N) is 1. The Morgan fingerprint density at radius 2 is 1.76 bits per heavy atom. The highest BCUT2D eigenvalue weighted by atomic mass is 19.1. The fraction of sp³-hybridized carbons (Fsp3) is 0.588. The zero-order valence-corrected chi connectivity index (χ0v) is 12.4. The van der Waals surface area contributed by atoms with Crippen molar-refractivity contribution < 1.29 is 9.18 Å². The highest BCUT2D eigenvalue weighted by molar-refractivity contribution is 5.75. The van der Waals surface area contributed by atoms with Gasteiger partial charge in [0.25, 0.3) is 0 Å². The Kier molecular flexibility index (Phi) is 4.42. The van der Waals surface area contributed by atoms with Crippen LogP contribution in [0.15, 0.2) is 24.3 Å². The Morgan fingerprint density at radius 1 is 1.10 bits per heavy atom. The first-order valence-corrected chi connectivity index (χ1v) is 8.04. The molecule has 0 aliphatic heterocycles. The maximum Gasteiger partial charge on any atom is 0.318 e. The van der Waals surface area contributed by atoms with Gasteiger partial charge in [0.15, 0.2) is 0 Å². The van der Waals surface area contributed by atoms with Gasteiger partial charge in [0.1, 0.15) is 5.82 Å². The second-order valence-electron chi connectivity index (χ2n) is 6.27. The van der Waals surface area contributed by atoms with Crippen LogP contribution >= 0.6 is 0 Å². The van der Waals surface area contributed by atoms with E-state index >= 15 is 0 Å². The van der Waals surface area contributed by atoms with Gasteiger partial charge in [0.2, 0.25) is 0 Å². The molecule has 4 heteroatoms. The third-order valence-corrected chi connectivity index (χ3v) is 4.45. The van der Waals surface area contributed by atoms with E-state index in [4.69, 9.17) is 0 Å². The monoisotopic (exact) mass is 290 g/mol. The Hall–Kier alpha value is -1.58. The summed E-state index contributed by atoms with van der Waals surface area (Å²) in [6, 6.07) is 7.18. The summed E-state index contributed by atoms with van der Waals surface area (Å²) < 4.78 is 13.0. The molecule has 1 aromatic carbocycles. The topological polar surface area (TPSA) is 32.3 Å². The first-order valence-electron chi connectivity index (χ1n) is 8.04. The van der Waals surface area contributed by atoms with Crippen molar-refractivity contribution in [3.8, 4) is 0 Å². The van der Waals surface area contributed by atoms with Gasteiger partial charge in [0, 0.05) is 18.6 Å². The van der Waals surface area contributed by atoms with Crippen LogP contribution in [0.4, 0.5) is 9.18 Å². The molecular weight excluding hydrogens is 267 g/mol. The minimum Gasteiger partial charge on any atom is -0.335 e. The van der Waals surface area contributed by atoms with E-state index in [9.17, 15) is 9.18 Å². The molecule has 0 atom stereocenters. The molecule has 21 heavy (non-hydrogen) atoms. The number of amides is 2. The number of hydrogen-bond acceptors (Lipinski definition) is 1. The van der Waals surface area contributed by atoms with E-state index in [2.05, 4.69) is 5.32 Å². The van der Waals surface area contributed by atoms with E-state index in [1.54, 1.807) is 12.1 Å². The quantitative estimate of drug-likeness (QED) is 0.898. The number of halogens is 1. The van der Waals surface area contributed by atoms with Gasteiger partial charge in [-0.3, -0.25) is 0 Å². The fourth-order valence-electron chi connectivity index (χ4n) is 3.04. The lowest BCUT2D eigenvalue weighted by molar-refractivity contribution is 0.184. The van der Waals surface area contributed by atoms with Gasteiger partial charge < -0.3 is 10.2 Å². The molecule has 2 saturated carbocycles. The third kappa shape index (κ3) is 3.96. The average molecular weight is 290 g/mol. The Bertz CT molecular complexity index is 478. The number of nitrogens with zero attached hydrogens (tertiary/aromatic N) is 1. The summed E-state index contributed by atoms with van der Waals surface area (Å²) in [7, 11) is 0. The normalized spacial score (nSPS) is 19.3. The minimum absolute atomic E-state index is 0.0497. The molecule has 0 saturated heterocycles. The van der Waals surface area contributed by atoms with Crippen LogP contribution in [0, 0.1) is 5.82 Å². The summed E-state index contributed by atoms with van der Waals surface area (Å²) in [5, 5.41) is 3.18. The highest BCUT2D eigenvalue weighted by Crippen LogP contribution is 2.29. The van der Waals surface area contributed by atoms with Crippen molar-refractivity contribution >= 4 is 6.03 Å². The fourth-order valence-corrected chi connectivity index (χ4v) is 3.04. The Morgan fingerprint density at radius 3 is 2.38 bits per heavy atom. The lowest BCUT2D eigenvalue weighted by Crippen LogP contribution is -2.46. The molecule has 0 spiro atoms. The molecule has 0 heterocycles. The smallest absolute Gasteiger partial charge is 0.318 e. The van der Waals surface area contributed by atoms with Crippen LogP contribution < -0.4 is 5.32 Å². The van der Waals surface area contributed by atoms with Crippen LogP contribution in [0.5, 0.6) is 0 Å². The SMILES string of the molecule is O=C(NC1CCCCC1)N(Cc1ccc(F)cc1)C1CC1. The maximum absolute atomic E-state index is 13.0. The second-order valence-corrected chi connectivity index (χ2v) is 6.27. The summed E-state index contributed by atoms with van der Waals surface area (Å²) in [4.78, 5) is 14.4. The predicted octanol–water partition coefficient (Wildman–Crippen LogP) is 3.83. The zero-order chi connectivity index (χ0) is 14.7. The van der Waals surface area contributed by atoms with Crippen LogP contribution in [-0.4, -0.2) is 23.0 Å². The molecule has 2 aliphatic carbocycles. The number of hydrogen-bond donors (Lipinski definition) is 1. The zero-order valence-electron chi connectivity index (χ0n) is 12.4. The molecule has 0 bridgehead atoms. The molecule has 114 valence electrons. The van der Waals surface area contributed by atoms with Gasteiger partial charge in [-0.25, -0.2) is 9.18 Å². The molecule has 2 aliphatic rings. The van der Waals surface area contributed by atoms with Crippen LogP contribution in [0.3, 0.4) is 0 Å². The lowest BCUT2D eigenvalue weighted by Gasteiger charge is -2.28. The van der Waals surface area contributed by atoms with Crippen LogP contribution in [0.25, 0.3) is 0 Å². The van der Waals surface area contributed by atoms with Gasteiger partial charge in [-0.05, 0) is 43.4 Å². The highest BCUT2D eigenvalue weighted by Gasteiger charge is 2.33.